The third kappa shape index (κ3) is 3.65. The van der Waals surface area contributed by atoms with Crippen LogP contribution in [0.3, 0.4) is 0 Å². The molecule has 0 aliphatic rings. The van der Waals surface area contributed by atoms with E-state index in [4.69, 9.17) is 4.74 Å². The molecule has 0 aliphatic heterocycles. The lowest BCUT2D eigenvalue weighted by Crippen LogP contribution is -2.12. The maximum atomic E-state index is 12.5. The highest BCUT2D eigenvalue weighted by Gasteiger charge is 2.31. The standard InChI is InChI=1S/C11H11F3NO2/c1-3-10(16)15-8-4-7(11(12,13)14)5-9(6-8)17-2/h4-6H,1,3H2,2H3,(H,15,16). The average Bonchev–Trinajstić information content (AvgIpc) is 2.27. The van der Waals surface area contributed by atoms with Crippen LogP contribution >= 0.6 is 0 Å². The topological polar surface area (TPSA) is 38.3 Å². The minimum atomic E-state index is -4.49. The van der Waals surface area contributed by atoms with Gasteiger partial charge in [0, 0.05) is 18.2 Å². The lowest BCUT2D eigenvalue weighted by molar-refractivity contribution is -0.137. The van der Waals surface area contributed by atoms with Crippen LogP contribution in [0.2, 0.25) is 0 Å². The quantitative estimate of drug-likeness (QED) is 0.890. The first kappa shape index (κ1) is 13.3. The van der Waals surface area contributed by atoms with Crippen LogP contribution in [0.15, 0.2) is 18.2 Å². The Balaban J connectivity index is 3.10. The summed E-state index contributed by atoms with van der Waals surface area (Å²) in [6.45, 7) is 3.33. The molecule has 17 heavy (non-hydrogen) atoms. The predicted octanol–water partition coefficient (Wildman–Crippen LogP) is 2.88. The van der Waals surface area contributed by atoms with Crippen molar-refractivity contribution in [2.45, 2.75) is 12.6 Å². The van der Waals surface area contributed by atoms with E-state index < -0.39 is 17.6 Å². The van der Waals surface area contributed by atoms with E-state index in [-0.39, 0.29) is 17.9 Å². The molecule has 0 saturated heterocycles. The Bertz CT molecular complexity index is 416. The van der Waals surface area contributed by atoms with Crippen LogP contribution in [0.1, 0.15) is 12.0 Å². The van der Waals surface area contributed by atoms with E-state index in [2.05, 4.69) is 12.2 Å². The highest BCUT2D eigenvalue weighted by Crippen LogP contribution is 2.34. The second kappa shape index (κ2) is 5.07. The molecular formula is C11H11F3NO2. The van der Waals surface area contributed by atoms with Gasteiger partial charge >= 0.3 is 6.18 Å². The number of anilines is 1. The molecule has 93 valence electrons. The van der Waals surface area contributed by atoms with Crippen LogP contribution in [0, 0.1) is 6.92 Å². The minimum Gasteiger partial charge on any atom is -0.497 e. The third-order valence-corrected chi connectivity index (χ3v) is 1.98. The second-order valence-corrected chi connectivity index (χ2v) is 3.25. The number of rotatable bonds is 3. The highest BCUT2D eigenvalue weighted by molar-refractivity contribution is 5.91. The van der Waals surface area contributed by atoms with Gasteiger partial charge in [0.15, 0.2) is 0 Å². The van der Waals surface area contributed by atoms with Crippen molar-refractivity contribution in [2.24, 2.45) is 0 Å². The summed E-state index contributed by atoms with van der Waals surface area (Å²) >= 11 is 0. The largest absolute Gasteiger partial charge is 0.497 e. The lowest BCUT2D eigenvalue weighted by atomic mass is 10.1. The van der Waals surface area contributed by atoms with Crippen molar-refractivity contribution in [3.63, 3.8) is 0 Å². The van der Waals surface area contributed by atoms with Crippen LogP contribution < -0.4 is 10.1 Å². The predicted molar refractivity (Wildman–Crippen MR) is 56.6 cm³/mol. The molecule has 0 bridgehead atoms. The van der Waals surface area contributed by atoms with E-state index in [1.807, 2.05) is 0 Å². The van der Waals surface area contributed by atoms with E-state index >= 15 is 0 Å². The molecule has 0 heterocycles. The number of carbonyl (C=O) groups is 1. The smallest absolute Gasteiger partial charge is 0.416 e. The Kier molecular flexibility index (Phi) is 3.98. The summed E-state index contributed by atoms with van der Waals surface area (Å²) in [5.74, 6) is -0.439. The van der Waals surface area contributed by atoms with Gasteiger partial charge in [-0.3, -0.25) is 4.79 Å². The van der Waals surface area contributed by atoms with Gasteiger partial charge in [-0.05, 0) is 19.1 Å². The molecule has 1 aromatic carbocycles. The maximum Gasteiger partial charge on any atom is 0.416 e. The van der Waals surface area contributed by atoms with Crippen LogP contribution in [0.5, 0.6) is 5.75 Å². The van der Waals surface area contributed by atoms with Crippen LogP contribution in [-0.2, 0) is 11.0 Å². The molecule has 1 amide bonds. The average molecular weight is 246 g/mol. The zero-order valence-corrected chi connectivity index (χ0v) is 9.10. The fourth-order valence-corrected chi connectivity index (χ4v) is 1.18. The molecule has 0 aromatic heterocycles. The first-order valence-corrected chi connectivity index (χ1v) is 4.72. The maximum absolute atomic E-state index is 12.5. The van der Waals surface area contributed by atoms with Gasteiger partial charge in [0.25, 0.3) is 0 Å². The minimum absolute atomic E-state index is 0.0270. The summed E-state index contributed by atoms with van der Waals surface area (Å²) in [6.07, 6.45) is -4.54. The number of hydrogen-bond donors (Lipinski definition) is 1. The SMILES string of the molecule is [CH2]CC(=O)Nc1cc(OC)cc(C(F)(F)F)c1. The van der Waals surface area contributed by atoms with Gasteiger partial charge in [-0.25, -0.2) is 0 Å². The molecule has 1 aromatic rings. The number of ether oxygens (including phenoxy) is 1. The second-order valence-electron chi connectivity index (χ2n) is 3.25. The first-order valence-electron chi connectivity index (χ1n) is 4.72. The van der Waals surface area contributed by atoms with Gasteiger partial charge in [0.05, 0.1) is 12.7 Å². The summed E-state index contributed by atoms with van der Waals surface area (Å²) < 4.78 is 42.3. The molecule has 0 fully saturated rings. The fraction of sp³-hybridized carbons (Fsp3) is 0.273. The number of halogens is 3. The number of amides is 1. The molecule has 0 atom stereocenters. The van der Waals surface area contributed by atoms with Gasteiger partial charge in [-0.2, -0.15) is 13.2 Å². The van der Waals surface area contributed by atoms with E-state index in [0.29, 0.717) is 0 Å². The summed E-state index contributed by atoms with van der Waals surface area (Å²) in [5, 5.41) is 2.30. The summed E-state index contributed by atoms with van der Waals surface area (Å²) in [4.78, 5) is 11.0. The van der Waals surface area contributed by atoms with Crippen molar-refractivity contribution in [1.82, 2.24) is 0 Å². The number of alkyl halides is 3. The molecule has 0 saturated carbocycles. The summed E-state index contributed by atoms with van der Waals surface area (Å²) in [6, 6.07) is 3.01. The monoisotopic (exact) mass is 246 g/mol. The van der Waals surface area contributed by atoms with E-state index in [0.717, 1.165) is 12.1 Å². The molecule has 6 heteroatoms. The van der Waals surface area contributed by atoms with Gasteiger partial charge in [0.1, 0.15) is 5.75 Å². The van der Waals surface area contributed by atoms with Crippen LogP contribution in [0.25, 0.3) is 0 Å². The van der Waals surface area contributed by atoms with E-state index in [1.165, 1.54) is 13.2 Å². The van der Waals surface area contributed by atoms with Crippen molar-refractivity contribution < 1.29 is 22.7 Å². The number of methoxy groups -OCH3 is 1. The summed E-state index contributed by atoms with van der Waals surface area (Å²) in [7, 11) is 1.25. The highest BCUT2D eigenvalue weighted by atomic mass is 19.4. The number of nitrogens with one attached hydrogen (secondary N) is 1. The van der Waals surface area contributed by atoms with E-state index in [9.17, 15) is 18.0 Å². The van der Waals surface area contributed by atoms with E-state index in [1.54, 1.807) is 0 Å². The van der Waals surface area contributed by atoms with Crippen molar-refractivity contribution in [3.8, 4) is 5.75 Å². The van der Waals surface area contributed by atoms with Gasteiger partial charge in [-0.15, -0.1) is 0 Å². The van der Waals surface area contributed by atoms with Crippen LogP contribution in [0.4, 0.5) is 18.9 Å². The zero-order valence-electron chi connectivity index (χ0n) is 9.10. The molecule has 1 rings (SSSR count). The number of carbonyl (C=O) groups excluding carboxylic acids is 1. The molecule has 0 unspecified atom stereocenters. The fourth-order valence-electron chi connectivity index (χ4n) is 1.18. The van der Waals surface area contributed by atoms with Crippen molar-refractivity contribution in [3.05, 3.63) is 30.7 Å². The van der Waals surface area contributed by atoms with Crippen molar-refractivity contribution >= 4 is 11.6 Å². The molecule has 1 N–H and O–H groups in total. The number of hydrogen-bond acceptors (Lipinski definition) is 2. The third-order valence-electron chi connectivity index (χ3n) is 1.98. The molecular weight excluding hydrogens is 235 g/mol. The molecule has 3 nitrogen and oxygen atoms in total. The Labute approximate surface area is 96.6 Å². The summed E-state index contributed by atoms with van der Waals surface area (Å²) in [5.41, 5.74) is -0.846. The lowest BCUT2D eigenvalue weighted by Gasteiger charge is -2.12. The molecule has 1 radical (unpaired) electrons. The van der Waals surface area contributed by atoms with Gasteiger partial charge in [-0.1, -0.05) is 0 Å². The number of benzene rings is 1. The van der Waals surface area contributed by atoms with Crippen molar-refractivity contribution in [1.29, 1.82) is 0 Å². The Morgan fingerprint density at radius 1 is 1.41 bits per heavy atom. The van der Waals surface area contributed by atoms with Gasteiger partial charge < -0.3 is 10.1 Å². The zero-order chi connectivity index (χ0) is 13.1. The van der Waals surface area contributed by atoms with Gasteiger partial charge in [0.2, 0.25) is 5.91 Å². The van der Waals surface area contributed by atoms with Crippen LogP contribution in [-0.4, -0.2) is 13.0 Å². The Morgan fingerprint density at radius 3 is 2.53 bits per heavy atom. The molecule has 0 spiro atoms. The first-order chi connectivity index (χ1) is 7.86. The Hall–Kier alpha value is -1.72. The molecule has 0 aliphatic carbocycles. The normalized spacial score (nSPS) is 11.1. The Morgan fingerprint density at radius 2 is 2.06 bits per heavy atom. The van der Waals surface area contributed by atoms with Crippen molar-refractivity contribution in [2.75, 3.05) is 12.4 Å².